The first-order valence-corrected chi connectivity index (χ1v) is 7.08. The summed E-state index contributed by atoms with van der Waals surface area (Å²) in [6.45, 7) is 5.19. The van der Waals surface area contributed by atoms with Gasteiger partial charge in [0.05, 0.1) is 11.7 Å². The van der Waals surface area contributed by atoms with E-state index in [1.54, 1.807) is 18.3 Å². The highest BCUT2D eigenvalue weighted by molar-refractivity contribution is 9.09. The molecule has 0 N–H and O–H groups in total. The van der Waals surface area contributed by atoms with Gasteiger partial charge in [-0.1, -0.05) is 22.0 Å². The van der Waals surface area contributed by atoms with Gasteiger partial charge in [0.25, 0.3) is 5.91 Å². The second-order valence-corrected chi connectivity index (χ2v) is 5.70. The normalized spacial score (nSPS) is 22.8. The fraction of sp³-hybridized carbons (Fsp3) is 0.538. The fourth-order valence-electron chi connectivity index (χ4n) is 2.18. The molecule has 0 saturated carbocycles. The van der Waals surface area contributed by atoms with E-state index in [-0.39, 0.29) is 17.6 Å². The maximum Gasteiger partial charge on any atom is 0.272 e. The topological polar surface area (TPSA) is 42.4 Å². The van der Waals surface area contributed by atoms with Crippen LogP contribution in [0.1, 0.15) is 24.3 Å². The number of ether oxygens (including phenoxy) is 1. The van der Waals surface area contributed by atoms with E-state index in [9.17, 15) is 4.79 Å². The second-order valence-electron chi connectivity index (χ2n) is 5.05. The third kappa shape index (κ3) is 3.09. The van der Waals surface area contributed by atoms with Gasteiger partial charge in [0.1, 0.15) is 5.69 Å². The first-order valence-electron chi connectivity index (χ1n) is 5.96. The Morgan fingerprint density at radius 3 is 3.00 bits per heavy atom. The van der Waals surface area contributed by atoms with E-state index in [0.29, 0.717) is 18.8 Å². The van der Waals surface area contributed by atoms with Crippen molar-refractivity contribution in [3.8, 4) is 0 Å². The van der Waals surface area contributed by atoms with Crippen LogP contribution in [0.25, 0.3) is 0 Å². The van der Waals surface area contributed by atoms with Crippen molar-refractivity contribution in [2.75, 3.05) is 18.4 Å². The SMILES string of the molecule is CC1(C)CN(C(=O)c2ccccn2)CC(CBr)O1. The van der Waals surface area contributed by atoms with Gasteiger partial charge in [0.15, 0.2) is 0 Å². The zero-order valence-electron chi connectivity index (χ0n) is 10.6. The molecular formula is C13H17BrN2O2. The van der Waals surface area contributed by atoms with Gasteiger partial charge in [0.2, 0.25) is 0 Å². The van der Waals surface area contributed by atoms with Crippen molar-refractivity contribution in [3.63, 3.8) is 0 Å². The predicted octanol–water partition coefficient (Wildman–Crippen LogP) is 2.10. The summed E-state index contributed by atoms with van der Waals surface area (Å²) in [4.78, 5) is 18.3. The Labute approximate surface area is 115 Å². The molecule has 18 heavy (non-hydrogen) atoms. The minimum Gasteiger partial charge on any atom is -0.368 e. The van der Waals surface area contributed by atoms with Crippen molar-refractivity contribution in [2.24, 2.45) is 0 Å². The van der Waals surface area contributed by atoms with Gasteiger partial charge in [-0.15, -0.1) is 0 Å². The zero-order valence-corrected chi connectivity index (χ0v) is 12.2. The van der Waals surface area contributed by atoms with E-state index in [0.717, 1.165) is 5.33 Å². The van der Waals surface area contributed by atoms with Gasteiger partial charge in [-0.3, -0.25) is 9.78 Å². The van der Waals surface area contributed by atoms with Crippen LogP contribution >= 0.6 is 15.9 Å². The van der Waals surface area contributed by atoms with Crippen LogP contribution in [0.4, 0.5) is 0 Å². The van der Waals surface area contributed by atoms with Crippen LogP contribution in [0, 0.1) is 0 Å². The summed E-state index contributed by atoms with van der Waals surface area (Å²) in [5.41, 5.74) is 0.171. The molecule has 0 bridgehead atoms. The molecular weight excluding hydrogens is 296 g/mol. The maximum atomic E-state index is 12.3. The third-order valence-electron chi connectivity index (χ3n) is 2.82. The second kappa shape index (κ2) is 5.36. The lowest BCUT2D eigenvalue weighted by atomic mass is 10.1. The Kier molecular flexibility index (Phi) is 4.02. The lowest BCUT2D eigenvalue weighted by molar-refractivity contribution is -0.116. The highest BCUT2D eigenvalue weighted by Crippen LogP contribution is 2.23. The molecule has 5 heteroatoms. The summed E-state index contributed by atoms with van der Waals surface area (Å²) in [7, 11) is 0. The Bertz CT molecular complexity index is 422. The number of alkyl halides is 1. The molecule has 1 amide bonds. The monoisotopic (exact) mass is 312 g/mol. The van der Waals surface area contributed by atoms with E-state index in [1.807, 2.05) is 24.8 Å². The van der Waals surface area contributed by atoms with Crippen LogP contribution < -0.4 is 0 Å². The van der Waals surface area contributed by atoms with Crippen molar-refractivity contribution < 1.29 is 9.53 Å². The number of nitrogens with zero attached hydrogens (tertiary/aromatic N) is 2. The van der Waals surface area contributed by atoms with Gasteiger partial charge < -0.3 is 9.64 Å². The lowest BCUT2D eigenvalue weighted by Gasteiger charge is -2.42. The number of carbonyl (C=O) groups excluding carboxylic acids is 1. The number of morpholine rings is 1. The van der Waals surface area contributed by atoms with Crippen LogP contribution in [0.15, 0.2) is 24.4 Å². The van der Waals surface area contributed by atoms with E-state index in [2.05, 4.69) is 20.9 Å². The van der Waals surface area contributed by atoms with Crippen LogP contribution in [-0.4, -0.2) is 45.9 Å². The number of pyridine rings is 1. The standard InChI is InChI=1S/C13H17BrN2O2/c1-13(2)9-16(8-10(7-14)18-13)12(17)11-5-3-4-6-15-11/h3-6,10H,7-9H2,1-2H3. The van der Waals surface area contributed by atoms with Crippen LogP contribution in [-0.2, 0) is 4.74 Å². The summed E-state index contributed by atoms with van der Waals surface area (Å²) in [5, 5.41) is 0.725. The van der Waals surface area contributed by atoms with Crippen molar-refractivity contribution in [2.45, 2.75) is 25.6 Å². The zero-order chi connectivity index (χ0) is 13.2. The molecule has 1 fully saturated rings. The lowest BCUT2D eigenvalue weighted by Crippen LogP contribution is -2.55. The molecule has 0 aliphatic carbocycles. The number of hydrogen-bond acceptors (Lipinski definition) is 3. The molecule has 4 nitrogen and oxygen atoms in total. The van der Waals surface area contributed by atoms with Crippen LogP contribution in [0.5, 0.6) is 0 Å². The molecule has 2 rings (SSSR count). The average molecular weight is 313 g/mol. The average Bonchev–Trinajstić information content (AvgIpc) is 2.37. The Morgan fingerprint density at radius 1 is 1.61 bits per heavy atom. The van der Waals surface area contributed by atoms with E-state index in [4.69, 9.17) is 4.74 Å². The van der Waals surface area contributed by atoms with Crippen molar-refractivity contribution in [3.05, 3.63) is 30.1 Å². The van der Waals surface area contributed by atoms with Crippen LogP contribution in [0.2, 0.25) is 0 Å². The van der Waals surface area contributed by atoms with Gasteiger partial charge in [0, 0.05) is 24.6 Å². The molecule has 1 aromatic heterocycles. The van der Waals surface area contributed by atoms with Gasteiger partial charge in [-0.25, -0.2) is 0 Å². The molecule has 1 unspecified atom stereocenters. The third-order valence-corrected chi connectivity index (χ3v) is 3.55. The van der Waals surface area contributed by atoms with Gasteiger partial charge in [-0.05, 0) is 26.0 Å². The molecule has 1 aliphatic rings. The molecule has 1 aromatic rings. The summed E-state index contributed by atoms with van der Waals surface area (Å²) in [5.74, 6) is -0.0297. The molecule has 98 valence electrons. The van der Waals surface area contributed by atoms with Crippen molar-refractivity contribution >= 4 is 21.8 Å². The highest BCUT2D eigenvalue weighted by atomic mass is 79.9. The van der Waals surface area contributed by atoms with Gasteiger partial charge >= 0.3 is 0 Å². The molecule has 1 aliphatic heterocycles. The Hall–Kier alpha value is -0.940. The molecule has 2 heterocycles. The maximum absolute atomic E-state index is 12.3. The smallest absolute Gasteiger partial charge is 0.272 e. The minimum absolute atomic E-state index is 0.0291. The molecule has 0 spiro atoms. The van der Waals surface area contributed by atoms with Crippen molar-refractivity contribution in [1.82, 2.24) is 9.88 Å². The molecule has 1 atom stereocenters. The van der Waals surface area contributed by atoms with E-state index < -0.39 is 0 Å². The van der Waals surface area contributed by atoms with E-state index >= 15 is 0 Å². The summed E-state index contributed by atoms with van der Waals surface area (Å²) >= 11 is 3.42. The number of amides is 1. The number of aromatic nitrogens is 1. The van der Waals surface area contributed by atoms with Crippen LogP contribution in [0.3, 0.4) is 0 Å². The first-order chi connectivity index (χ1) is 8.52. The van der Waals surface area contributed by atoms with Crippen molar-refractivity contribution in [1.29, 1.82) is 0 Å². The minimum atomic E-state index is -0.318. The highest BCUT2D eigenvalue weighted by Gasteiger charge is 2.35. The summed E-state index contributed by atoms with van der Waals surface area (Å²) in [6.07, 6.45) is 1.67. The Morgan fingerprint density at radius 2 is 2.39 bits per heavy atom. The number of halogens is 1. The number of carbonyl (C=O) groups is 1. The summed E-state index contributed by atoms with van der Waals surface area (Å²) < 4.78 is 5.88. The Balaban J connectivity index is 2.15. The first kappa shape index (κ1) is 13.5. The van der Waals surface area contributed by atoms with E-state index in [1.165, 1.54) is 0 Å². The predicted molar refractivity (Wildman–Crippen MR) is 72.9 cm³/mol. The quantitative estimate of drug-likeness (QED) is 0.785. The molecule has 0 aromatic carbocycles. The molecule has 0 radical (unpaired) electrons. The largest absolute Gasteiger partial charge is 0.368 e. The molecule has 1 saturated heterocycles. The fourth-order valence-corrected chi connectivity index (χ4v) is 2.52. The summed E-state index contributed by atoms with van der Waals surface area (Å²) in [6, 6.07) is 5.38. The number of rotatable bonds is 2. The van der Waals surface area contributed by atoms with Gasteiger partial charge in [-0.2, -0.15) is 0 Å². The number of hydrogen-bond donors (Lipinski definition) is 0.